The van der Waals surface area contributed by atoms with Crippen LogP contribution in [-0.2, 0) is 21.2 Å². The zero-order chi connectivity index (χ0) is 24.7. The standard InChI is InChI=1S/C25H27N3O5S/c1-3-33-23-14-13-21(15-17(23)2)34(31,32)28-22(16-18-7-5-4-6-8-18)25(30)27-20-11-9-19(10-12-20)24(26)29/h4-15,22,28H,3,16H2,1-2H3,(H2,26,29)(H,27,30). The third-order valence-corrected chi connectivity index (χ3v) is 6.56. The topological polar surface area (TPSA) is 128 Å². The van der Waals surface area contributed by atoms with Crippen LogP contribution >= 0.6 is 0 Å². The van der Waals surface area contributed by atoms with Crippen LogP contribution < -0.4 is 20.5 Å². The van der Waals surface area contributed by atoms with Gasteiger partial charge < -0.3 is 15.8 Å². The van der Waals surface area contributed by atoms with E-state index < -0.39 is 27.9 Å². The molecule has 4 N–H and O–H groups in total. The molecule has 0 saturated heterocycles. The van der Waals surface area contributed by atoms with Gasteiger partial charge in [0.15, 0.2) is 0 Å². The number of amides is 2. The second-order valence-corrected chi connectivity index (χ2v) is 9.37. The Kier molecular flexibility index (Phi) is 8.04. The van der Waals surface area contributed by atoms with Crippen molar-refractivity contribution in [3.05, 3.63) is 89.5 Å². The summed E-state index contributed by atoms with van der Waals surface area (Å²) in [6.45, 7) is 4.07. The predicted molar refractivity (Wildman–Crippen MR) is 130 cm³/mol. The zero-order valence-corrected chi connectivity index (χ0v) is 19.8. The van der Waals surface area contributed by atoms with Gasteiger partial charge in [-0.2, -0.15) is 4.72 Å². The minimum atomic E-state index is -4.02. The summed E-state index contributed by atoms with van der Waals surface area (Å²) >= 11 is 0. The Morgan fingerprint density at radius 3 is 2.26 bits per heavy atom. The molecule has 1 atom stereocenters. The Morgan fingerprint density at radius 1 is 1.00 bits per heavy atom. The van der Waals surface area contributed by atoms with Gasteiger partial charge in [-0.05, 0) is 73.9 Å². The van der Waals surface area contributed by atoms with Gasteiger partial charge in [0.1, 0.15) is 11.8 Å². The van der Waals surface area contributed by atoms with Crippen molar-refractivity contribution >= 4 is 27.5 Å². The highest BCUT2D eigenvalue weighted by molar-refractivity contribution is 7.89. The summed E-state index contributed by atoms with van der Waals surface area (Å²) < 4.78 is 34.3. The van der Waals surface area contributed by atoms with E-state index in [2.05, 4.69) is 10.0 Å². The lowest BCUT2D eigenvalue weighted by Crippen LogP contribution is -2.45. The number of hydrogen-bond acceptors (Lipinski definition) is 5. The monoisotopic (exact) mass is 481 g/mol. The predicted octanol–water partition coefficient (Wildman–Crippen LogP) is 3.02. The highest BCUT2D eigenvalue weighted by Gasteiger charge is 2.27. The SMILES string of the molecule is CCOc1ccc(S(=O)(=O)NC(Cc2ccccc2)C(=O)Nc2ccc(C(N)=O)cc2)cc1C. The Morgan fingerprint density at radius 2 is 1.68 bits per heavy atom. The molecule has 34 heavy (non-hydrogen) atoms. The maximum Gasteiger partial charge on any atom is 0.248 e. The van der Waals surface area contributed by atoms with Crippen LogP contribution in [0.15, 0.2) is 77.7 Å². The normalized spacial score (nSPS) is 12.1. The van der Waals surface area contributed by atoms with Crippen molar-refractivity contribution in [1.82, 2.24) is 4.72 Å². The van der Waals surface area contributed by atoms with E-state index in [4.69, 9.17) is 10.5 Å². The molecule has 0 heterocycles. The van der Waals surface area contributed by atoms with Crippen molar-refractivity contribution in [3.63, 3.8) is 0 Å². The first-order valence-electron chi connectivity index (χ1n) is 10.7. The van der Waals surface area contributed by atoms with Crippen LogP contribution in [0.3, 0.4) is 0 Å². The molecular formula is C25H27N3O5S. The van der Waals surface area contributed by atoms with Crippen LogP contribution in [-0.4, -0.2) is 32.9 Å². The quantitative estimate of drug-likeness (QED) is 0.410. The molecular weight excluding hydrogens is 454 g/mol. The first-order chi connectivity index (χ1) is 16.2. The number of sulfonamides is 1. The summed E-state index contributed by atoms with van der Waals surface area (Å²) in [4.78, 5) is 24.4. The van der Waals surface area contributed by atoms with Gasteiger partial charge in [0, 0.05) is 11.3 Å². The fourth-order valence-corrected chi connectivity index (χ4v) is 4.63. The number of nitrogens with two attached hydrogens (primary N) is 1. The minimum absolute atomic E-state index is 0.0325. The number of ether oxygens (including phenoxy) is 1. The molecule has 0 spiro atoms. The molecule has 0 saturated carbocycles. The van der Waals surface area contributed by atoms with E-state index in [1.807, 2.05) is 37.3 Å². The fourth-order valence-electron chi connectivity index (χ4n) is 3.35. The van der Waals surface area contributed by atoms with Crippen LogP contribution in [0.5, 0.6) is 5.75 Å². The van der Waals surface area contributed by atoms with Gasteiger partial charge >= 0.3 is 0 Å². The van der Waals surface area contributed by atoms with E-state index in [0.29, 0.717) is 29.2 Å². The van der Waals surface area contributed by atoms with E-state index in [-0.39, 0.29) is 11.3 Å². The number of carbonyl (C=O) groups is 2. The van der Waals surface area contributed by atoms with Gasteiger partial charge in [0.05, 0.1) is 11.5 Å². The lowest BCUT2D eigenvalue weighted by molar-refractivity contribution is -0.117. The van der Waals surface area contributed by atoms with E-state index in [9.17, 15) is 18.0 Å². The van der Waals surface area contributed by atoms with Gasteiger partial charge in [-0.1, -0.05) is 30.3 Å². The Hall–Kier alpha value is -3.69. The highest BCUT2D eigenvalue weighted by Crippen LogP contribution is 2.22. The molecule has 9 heteroatoms. The number of aryl methyl sites for hydroxylation is 1. The van der Waals surface area contributed by atoms with Crippen LogP contribution in [0, 0.1) is 6.92 Å². The lowest BCUT2D eigenvalue weighted by Gasteiger charge is -2.19. The third-order valence-electron chi connectivity index (χ3n) is 5.09. The molecule has 0 bridgehead atoms. The lowest BCUT2D eigenvalue weighted by atomic mass is 10.1. The van der Waals surface area contributed by atoms with Crippen molar-refractivity contribution in [1.29, 1.82) is 0 Å². The number of benzene rings is 3. The van der Waals surface area contributed by atoms with Crippen molar-refractivity contribution < 1.29 is 22.7 Å². The Bertz CT molecular complexity index is 1260. The van der Waals surface area contributed by atoms with Crippen LogP contribution in [0.4, 0.5) is 5.69 Å². The first kappa shape index (κ1) is 24.9. The van der Waals surface area contributed by atoms with Gasteiger partial charge in [0.2, 0.25) is 21.8 Å². The molecule has 0 aromatic heterocycles. The molecule has 0 aliphatic rings. The molecule has 0 radical (unpaired) electrons. The molecule has 2 amide bonds. The summed E-state index contributed by atoms with van der Waals surface area (Å²) in [5, 5.41) is 2.70. The molecule has 3 aromatic carbocycles. The Labute approximate surface area is 199 Å². The van der Waals surface area contributed by atoms with E-state index >= 15 is 0 Å². The van der Waals surface area contributed by atoms with Crippen molar-refractivity contribution in [2.75, 3.05) is 11.9 Å². The third kappa shape index (κ3) is 6.43. The summed E-state index contributed by atoms with van der Waals surface area (Å²) in [6, 6.07) is 18.6. The minimum Gasteiger partial charge on any atom is -0.494 e. The smallest absolute Gasteiger partial charge is 0.248 e. The average molecular weight is 482 g/mol. The number of hydrogen-bond donors (Lipinski definition) is 3. The van der Waals surface area contributed by atoms with Crippen LogP contribution in [0.25, 0.3) is 0 Å². The largest absolute Gasteiger partial charge is 0.494 e. The average Bonchev–Trinajstić information content (AvgIpc) is 2.81. The van der Waals surface area contributed by atoms with Gasteiger partial charge in [-0.15, -0.1) is 0 Å². The van der Waals surface area contributed by atoms with Gasteiger partial charge in [-0.3, -0.25) is 9.59 Å². The molecule has 1 unspecified atom stereocenters. The fraction of sp³-hybridized carbons (Fsp3) is 0.200. The van der Waals surface area contributed by atoms with Crippen LogP contribution in [0.2, 0.25) is 0 Å². The number of carbonyl (C=O) groups excluding carboxylic acids is 2. The van der Waals surface area contributed by atoms with Crippen molar-refractivity contribution in [3.8, 4) is 5.75 Å². The molecule has 0 aliphatic carbocycles. The maximum absolute atomic E-state index is 13.1. The van der Waals surface area contributed by atoms with Gasteiger partial charge in [-0.25, -0.2) is 8.42 Å². The molecule has 8 nitrogen and oxygen atoms in total. The number of primary amides is 1. The highest BCUT2D eigenvalue weighted by atomic mass is 32.2. The van der Waals surface area contributed by atoms with Gasteiger partial charge in [0.25, 0.3) is 0 Å². The number of rotatable bonds is 10. The Balaban J connectivity index is 1.85. The van der Waals surface area contributed by atoms with Crippen molar-refractivity contribution in [2.24, 2.45) is 5.73 Å². The maximum atomic E-state index is 13.1. The zero-order valence-electron chi connectivity index (χ0n) is 18.9. The molecule has 178 valence electrons. The summed E-state index contributed by atoms with van der Waals surface area (Å²) in [7, 11) is -4.02. The summed E-state index contributed by atoms with van der Waals surface area (Å²) in [6.07, 6.45) is 0.140. The van der Waals surface area contributed by atoms with E-state index in [1.54, 1.807) is 13.0 Å². The molecule has 0 aliphatic heterocycles. The number of anilines is 1. The summed E-state index contributed by atoms with van der Waals surface area (Å²) in [5.41, 5.74) is 7.41. The van der Waals surface area contributed by atoms with Crippen LogP contribution in [0.1, 0.15) is 28.4 Å². The van der Waals surface area contributed by atoms with E-state index in [1.165, 1.54) is 36.4 Å². The number of nitrogens with one attached hydrogen (secondary N) is 2. The first-order valence-corrected chi connectivity index (χ1v) is 12.2. The second-order valence-electron chi connectivity index (χ2n) is 7.65. The molecule has 3 rings (SSSR count). The summed E-state index contributed by atoms with van der Waals surface area (Å²) in [5.74, 6) is -0.528. The van der Waals surface area contributed by atoms with E-state index in [0.717, 1.165) is 5.56 Å². The molecule has 0 fully saturated rings. The van der Waals surface area contributed by atoms with Crippen molar-refractivity contribution in [2.45, 2.75) is 31.2 Å². The second kappa shape index (κ2) is 11.0. The molecule has 3 aromatic rings.